The maximum Gasteiger partial charge on any atom is 0.388 e. The van der Waals surface area contributed by atoms with Gasteiger partial charge in [0.15, 0.2) is 0 Å². The highest BCUT2D eigenvalue weighted by Crippen LogP contribution is 2.17. The molecule has 0 atom stereocenters. The number of hydrogen-bond acceptors (Lipinski definition) is 1. The average molecular weight is 152 g/mol. The van der Waals surface area contributed by atoms with E-state index >= 15 is 0 Å². The summed E-state index contributed by atoms with van der Waals surface area (Å²) in [6, 6.07) is 0. The van der Waals surface area contributed by atoms with Gasteiger partial charge in [-0.2, -0.15) is 13.2 Å². The van der Waals surface area contributed by atoms with Crippen LogP contribution >= 0.6 is 12.4 Å². The van der Waals surface area contributed by atoms with Crippen LogP contribution in [0.4, 0.5) is 13.2 Å². The van der Waals surface area contributed by atoms with Crippen LogP contribution in [0, 0.1) is 0 Å². The van der Waals surface area contributed by atoms with E-state index in [1.807, 2.05) is 0 Å². The van der Waals surface area contributed by atoms with Gasteiger partial charge in [-0.25, -0.2) is 0 Å². The van der Waals surface area contributed by atoms with E-state index in [0.29, 0.717) is 0 Å². The Morgan fingerprint density at radius 3 is 1.38 bits per heavy atom. The summed E-state index contributed by atoms with van der Waals surface area (Å²) in [6.45, 7) is 1.08. The topological polar surface area (TPSA) is 35.0 Å². The zero-order valence-corrected chi connectivity index (χ0v) is 5.27. The molecule has 0 saturated carbocycles. The molecule has 0 aliphatic rings. The van der Waals surface area contributed by atoms with E-state index in [4.69, 9.17) is 0 Å². The summed E-state index contributed by atoms with van der Waals surface area (Å²) in [5, 5.41) is 0. The summed E-state index contributed by atoms with van der Waals surface area (Å²) in [4.78, 5) is 0. The number of alkyl halides is 3. The molecule has 0 aliphatic carbocycles. The van der Waals surface area contributed by atoms with Crippen molar-refractivity contribution in [2.75, 3.05) is 0 Å². The predicted octanol–water partition coefficient (Wildman–Crippen LogP) is 2.54. The summed E-state index contributed by atoms with van der Waals surface area (Å²) < 4.78 is 32.4. The molecule has 0 saturated heterocycles. The first-order valence-corrected chi connectivity index (χ1v) is 1.63. The Morgan fingerprint density at radius 1 is 1.25 bits per heavy atom. The van der Waals surface area contributed by atoms with Crippen LogP contribution < -0.4 is 6.15 Å². The van der Waals surface area contributed by atoms with E-state index in [1.165, 1.54) is 0 Å². The second kappa shape index (κ2) is 5.18. The highest BCUT2D eigenvalue weighted by atomic mass is 35.5. The fraction of sp³-hybridized carbons (Fsp3) is 1.00. The minimum Gasteiger partial charge on any atom is -0.344 e. The Balaban J connectivity index is -0.000000125. The van der Waals surface area contributed by atoms with Gasteiger partial charge in [-0.15, -0.1) is 12.4 Å². The number of rotatable bonds is 0. The Labute approximate surface area is 52.3 Å². The van der Waals surface area contributed by atoms with Gasteiger partial charge in [0.1, 0.15) is 0 Å². The molecule has 0 radical (unpaired) electrons. The van der Waals surface area contributed by atoms with Crippen LogP contribution in [0.15, 0.2) is 0 Å². The number of hydrogen-bond donors (Lipinski definition) is 1. The van der Waals surface area contributed by atoms with E-state index in [-0.39, 0.29) is 18.6 Å². The molecular formula is C3H9ClF3N. The van der Waals surface area contributed by atoms with Gasteiger partial charge in [-0.05, 0) is 0 Å². The van der Waals surface area contributed by atoms with Crippen LogP contribution in [0.2, 0.25) is 0 Å². The van der Waals surface area contributed by atoms with Gasteiger partial charge in [-0.1, -0.05) is 6.92 Å². The van der Waals surface area contributed by atoms with E-state index in [2.05, 4.69) is 0 Å². The quantitative estimate of drug-likeness (QED) is 0.567. The van der Waals surface area contributed by atoms with Gasteiger partial charge in [0.05, 0.1) is 0 Å². The third-order valence-electron chi connectivity index (χ3n) is 0.401. The first-order valence-electron chi connectivity index (χ1n) is 1.63. The lowest BCUT2D eigenvalue weighted by molar-refractivity contribution is -0.130. The van der Waals surface area contributed by atoms with Crippen LogP contribution in [-0.2, 0) is 0 Å². The van der Waals surface area contributed by atoms with Crippen LogP contribution in [0.3, 0.4) is 0 Å². The minimum atomic E-state index is -3.96. The predicted molar refractivity (Wildman–Crippen MR) is 28.6 cm³/mol. The van der Waals surface area contributed by atoms with Crippen LogP contribution in [0.25, 0.3) is 0 Å². The van der Waals surface area contributed by atoms with Gasteiger partial charge in [-0.3, -0.25) is 0 Å². The van der Waals surface area contributed by atoms with Crippen molar-refractivity contribution in [3.63, 3.8) is 0 Å². The van der Waals surface area contributed by atoms with Gasteiger partial charge in [0.2, 0.25) is 0 Å². The van der Waals surface area contributed by atoms with Crippen molar-refractivity contribution in [2.24, 2.45) is 0 Å². The van der Waals surface area contributed by atoms with Crippen molar-refractivity contribution in [2.45, 2.75) is 19.5 Å². The fourth-order valence-electron chi connectivity index (χ4n) is 0. The van der Waals surface area contributed by atoms with E-state index in [9.17, 15) is 13.2 Å². The smallest absolute Gasteiger partial charge is 0.344 e. The molecule has 5 heteroatoms. The maximum absolute atomic E-state index is 10.8. The third kappa shape index (κ3) is 16.6. The molecule has 54 valence electrons. The Hall–Kier alpha value is 0.0400. The molecule has 0 aliphatic heterocycles. The summed E-state index contributed by atoms with van der Waals surface area (Å²) in [7, 11) is 0. The van der Waals surface area contributed by atoms with Crippen molar-refractivity contribution >= 4 is 12.4 Å². The molecule has 0 amide bonds. The molecule has 1 nitrogen and oxygen atoms in total. The van der Waals surface area contributed by atoms with Gasteiger partial charge >= 0.3 is 6.18 Å². The summed E-state index contributed by atoms with van der Waals surface area (Å²) in [5.74, 6) is 0. The van der Waals surface area contributed by atoms with E-state index in [1.54, 1.807) is 0 Å². The van der Waals surface area contributed by atoms with Crippen LogP contribution in [-0.4, -0.2) is 6.18 Å². The van der Waals surface area contributed by atoms with Crippen molar-refractivity contribution in [3.8, 4) is 0 Å². The van der Waals surface area contributed by atoms with E-state index < -0.39 is 12.6 Å². The van der Waals surface area contributed by atoms with Gasteiger partial charge < -0.3 is 6.15 Å². The lowest BCUT2D eigenvalue weighted by Gasteiger charge is -1.96. The third-order valence-corrected chi connectivity index (χ3v) is 0.401. The Bertz CT molecular complexity index is 44.3. The molecule has 0 unspecified atom stereocenters. The molecule has 0 heterocycles. The lowest BCUT2D eigenvalue weighted by Crippen LogP contribution is -2.02. The molecule has 0 aromatic rings. The van der Waals surface area contributed by atoms with Crippen molar-refractivity contribution in [1.82, 2.24) is 6.15 Å². The summed E-state index contributed by atoms with van der Waals surface area (Å²) in [5.41, 5.74) is 0. The van der Waals surface area contributed by atoms with E-state index in [0.717, 1.165) is 6.92 Å². The highest BCUT2D eigenvalue weighted by Gasteiger charge is 2.22. The van der Waals surface area contributed by atoms with Crippen molar-refractivity contribution in [3.05, 3.63) is 0 Å². The molecule has 0 rings (SSSR count). The van der Waals surface area contributed by atoms with Gasteiger partial charge in [0.25, 0.3) is 0 Å². The number of halogens is 4. The van der Waals surface area contributed by atoms with Crippen LogP contribution in [0.5, 0.6) is 0 Å². The lowest BCUT2D eigenvalue weighted by atomic mass is 10.5. The van der Waals surface area contributed by atoms with Gasteiger partial charge in [0, 0.05) is 6.42 Å². The molecule has 0 fully saturated rings. The largest absolute Gasteiger partial charge is 0.388 e. The minimum absolute atomic E-state index is 0. The zero-order chi connectivity index (χ0) is 5.21. The molecule has 0 bridgehead atoms. The second-order valence-electron chi connectivity index (χ2n) is 0.969. The monoisotopic (exact) mass is 151 g/mol. The van der Waals surface area contributed by atoms with Crippen molar-refractivity contribution in [1.29, 1.82) is 0 Å². The zero-order valence-electron chi connectivity index (χ0n) is 4.46. The van der Waals surface area contributed by atoms with Crippen molar-refractivity contribution < 1.29 is 13.2 Å². The first-order chi connectivity index (χ1) is 2.56. The fourth-order valence-corrected chi connectivity index (χ4v) is 0. The summed E-state index contributed by atoms with van der Waals surface area (Å²) in [6.07, 6.45) is -4.69. The SMILES string of the molecule is CCC(F)(F)F.Cl.N. The molecule has 3 N–H and O–H groups in total. The molecule has 8 heavy (non-hydrogen) atoms. The normalized spacial score (nSPS) is 9.00. The molecule has 0 spiro atoms. The van der Waals surface area contributed by atoms with Crippen LogP contribution in [0.1, 0.15) is 13.3 Å². The second-order valence-corrected chi connectivity index (χ2v) is 0.969. The Kier molecular flexibility index (Phi) is 10.2. The average Bonchev–Trinajstić information content (AvgIpc) is 1.35. The maximum atomic E-state index is 10.8. The highest BCUT2D eigenvalue weighted by molar-refractivity contribution is 5.85. The summed E-state index contributed by atoms with van der Waals surface area (Å²) >= 11 is 0. The molecule has 0 aromatic heterocycles. The Morgan fingerprint density at radius 2 is 1.38 bits per heavy atom. The molecular weight excluding hydrogens is 142 g/mol. The standard InChI is InChI=1S/C3H5F3.ClH.H3N/c1-2-3(4,5)6;;/h2H2,1H3;1H;1H3. The first kappa shape index (κ1) is 15.7. The molecule has 0 aromatic carbocycles.